The van der Waals surface area contributed by atoms with Gasteiger partial charge in [0.2, 0.25) is 5.91 Å². The number of benzene rings is 1. The number of hydrogen-bond acceptors (Lipinski definition) is 3. The second kappa shape index (κ2) is 7.35. The number of amides is 2. The molecule has 1 heterocycles. The molecule has 1 saturated heterocycles. The quantitative estimate of drug-likeness (QED) is 0.906. The third kappa shape index (κ3) is 4.53. The average Bonchev–Trinajstić information content (AvgIpc) is 2.46. The summed E-state index contributed by atoms with van der Waals surface area (Å²) in [5, 5.41) is 2.85. The van der Waals surface area contributed by atoms with Crippen LogP contribution in [0.15, 0.2) is 24.3 Å². The summed E-state index contributed by atoms with van der Waals surface area (Å²) >= 11 is 0. The Morgan fingerprint density at radius 2 is 1.91 bits per heavy atom. The van der Waals surface area contributed by atoms with Gasteiger partial charge in [-0.25, -0.2) is 4.39 Å². The first-order chi connectivity index (χ1) is 10.5. The molecule has 1 aliphatic rings. The van der Waals surface area contributed by atoms with Crippen LogP contribution in [0.5, 0.6) is 0 Å². The lowest BCUT2D eigenvalue weighted by Gasteiger charge is -2.34. The van der Waals surface area contributed by atoms with Crippen molar-refractivity contribution in [2.45, 2.75) is 19.9 Å². The van der Waals surface area contributed by atoms with Crippen molar-refractivity contribution in [3.05, 3.63) is 35.6 Å². The van der Waals surface area contributed by atoms with Crippen LogP contribution in [0.1, 0.15) is 24.2 Å². The highest BCUT2D eigenvalue weighted by molar-refractivity contribution is 5.94. The SMILES string of the molecule is CC(C)NC(=O)CN1CCN(C(=O)c2cccc(F)c2)CC1. The van der Waals surface area contributed by atoms with Gasteiger partial charge in [0.25, 0.3) is 5.91 Å². The smallest absolute Gasteiger partial charge is 0.254 e. The molecule has 6 heteroatoms. The number of halogens is 1. The van der Waals surface area contributed by atoms with E-state index in [2.05, 4.69) is 5.32 Å². The van der Waals surface area contributed by atoms with Gasteiger partial charge in [-0.1, -0.05) is 6.07 Å². The fourth-order valence-electron chi connectivity index (χ4n) is 2.48. The Kier molecular flexibility index (Phi) is 5.49. The number of nitrogens with zero attached hydrogens (tertiary/aromatic N) is 2. The minimum absolute atomic E-state index is 0.0000861. The molecule has 1 fully saturated rings. The number of nitrogens with one attached hydrogen (secondary N) is 1. The molecule has 120 valence electrons. The lowest BCUT2D eigenvalue weighted by molar-refractivity contribution is -0.123. The van der Waals surface area contributed by atoms with Gasteiger partial charge in [-0.2, -0.15) is 0 Å². The topological polar surface area (TPSA) is 52.7 Å². The molecule has 2 rings (SSSR count). The number of carbonyl (C=O) groups excluding carboxylic acids is 2. The highest BCUT2D eigenvalue weighted by Crippen LogP contribution is 2.10. The molecule has 1 N–H and O–H groups in total. The van der Waals surface area contributed by atoms with E-state index < -0.39 is 5.82 Å². The van der Waals surface area contributed by atoms with Crippen LogP contribution in [-0.2, 0) is 4.79 Å². The zero-order valence-corrected chi connectivity index (χ0v) is 13.0. The van der Waals surface area contributed by atoms with Gasteiger partial charge >= 0.3 is 0 Å². The highest BCUT2D eigenvalue weighted by Gasteiger charge is 2.23. The summed E-state index contributed by atoms with van der Waals surface area (Å²) in [4.78, 5) is 27.7. The maximum Gasteiger partial charge on any atom is 0.254 e. The second-order valence-corrected chi connectivity index (χ2v) is 5.80. The molecule has 0 atom stereocenters. The molecule has 1 aromatic rings. The van der Waals surface area contributed by atoms with Gasteiger partial charge in [0.05, 0.1) is 6.54 Å². The van der Waals surface area contributed by atoms with Gasteiger partial charge in [0, 0.05) is 37.8 Å². The van der Waals surface area contributed by atoms with Gasteiger partial charge in [-0.15, -0.1) is 0 Å². The Hall–Kier alpha value is -1.95. The van der Waals surface area contributed by atoms with E-state index in [-0.39, 0.29) is 17.9 Å². The molecule has 22 heavy (non-hydrogen) atoms. The number of hydrogen-bond donors (Lipinski definition) is 1. The van der Waals surface area contributed by atoms with Crippen LogP contribution in [0.2, 0.25) is 0 Å². The standard InChI is InChI=1S/C16H22FN3O2/c1-12(2)18-15(21)11-19-6-8-20(9-7-19)16(22)13-4-3-5-14(17)10-13/h3-5,10,12H,6-9,11H2,1-2H3,(H,18,21). The van der Waals surface area contributed by atoms with E-state index in [0.717, 1.165) is 0 Å². The van der Waals surface area contributed by atoms with Gasteiger partial charge < -0.3 is 10.2 Å². The predicted molar refractivity (Wildman–Crippen MR) is 82.0 cm³/mol. The van der Waals surface area contributed by atoms with Crippen molar-refractivity contribution in [3.63, 3.8) is 0 Å². The summed E-state index contributed by atoms with van der Waals surface area (Å²) in [5.41, 5.74) is 0.367. The maximum atomic E-state index is 13.2. The second-order valence-electron chi connectivity index (χ2n) is 5.80. The molecule has 0 spiro atoms. The van der Waals surface area contributed by atoms with Crippen molar-refractivity contribution in [2.24, 2.45) is 0 Å². The van der Waals surface area contributed by atoms with E-state index in [0.29, 0.717) is 38.3 Å². The number of piperazine rings is 1. The van der Waals surface area contributed by atoms with Crippen LogP contribution in [0.3, 0.4) is 0 Å². The van der Waals surface area contributed by atoms with E-state index in [1.54, 1.807) is 11.0 Å². The van der Waals surface area contributed by atoms with Crippen molar-refractivity contribution in [3.8, 4) is 0 Å². The molecule has 0 radical (unpaired) electrons. The normalized spacial score (nSPS) is 15.9. The lowest BCUT2D eigenvalue weighted by atomic mass is 10.1. The maximum absolute atomic E-state index is 13.2. The molecule has 0 saturated carbocycles. The van der Waals surface area contributed by atoms with Gasteiger partial charge in [-0.05, 0) is 32.0 Å². The summed E-state index contributed by atoms with van der Waals surface area (Å²) in [7, 11) is 0. The van der Waals surface area contributed by atoms with E-state index in [1.807, 2.05) is 18.7 Å². The Morgan fingerprint density at radius 1 is 1.23 bits per heavy atom. The fourth-order valence-corrected chi connectivity index (χ4v) is 2.48. The molecule has 0 aromatic heterocycles. The Balaban J connectivity index is 1.84. The summed E-state index contributed by atoms with van der Waals surface area (Å²) in [5.74, 6) is -0.569. The number of carbonyl (C=O) groups is 2. The van der Waals surface area contributed by atoms with Crippen LogP contribution < -0.4 is 5.32 Å². The molecular weight excluding hydrogens is 285 g/mol. The molecule has 1 aromatic carbocycles. The van der Waals surface area contributed by atoms with Gasteiger partial charge in [0.1, 0.15) is 5.82 Å². The van der Waals surface area contributed by atoms with E-state index >= 15 is 0 Å². The number of rotatable bonds is 4. The Morgan fingerprint density at radius 3 is 2.50 bits per heavy atom. The van der Waals surface area contributed by atoms with E-state index in [4.69, 9.17) is 0 Å². The molecule has 0 bridgehead atoms. The largest absolute Gasteiger partial charge is 0.353 e. The first-order valence-corrected chi connectivity index (χ1v) is 7.52. The molecule has 0 aliphatic carbocycles. The third-order valence-corrected chi connectivity index (χ3v) is 3.55. The fraction of sp³-hybridized carbons (Fsp3) is 0.500. The Labute approximate surface area is 130 Å². The summed E-state index contributed by atoms with van der Waals surface area (Å²) in [6.45, 7) is 6.58. The zero-order chi connectivity index (χ0) is 16.1. The monoisotopic (exact) mass is 307 g/mol. The molecule has 5 nitrogen and oxygen atoms in total. The van der Waals surface area contributed by atoms with Crippen LogP contribution in [0.4, 0.5) is 4.39 Å². The van der Waals surface area contributed by atoms with Crippen molar-refractivity contribution < 1.29 is 14.0 Å². The van der Waals surface area contributed by atoms with Crippen molar-refractivity contribution in [1.29, 1.82) is 0 Å². The van der Waals surface area contributed by atoms with E-state index in [9.17, 15) is 14.0 Å². The van der Waals surface area contributed by atoms with Crippen LogP contribution in [0.25, 0.3) is 0 Å². The lowest BCUT2D eigenvalue weighted by Crippen LogP contribution is -2.51. The van der Waals surface area contributed by atoms with Crippen molar-refractivity contribution >= 4 is 11.8 Å². The molecule has 0 unspecified atom stereocenters. The first kappa shape index (κ1) is 16.4. The van der Waals surface area contributed by atoms with Crippen LogP contribution >= 0.6 is 0 Å². The molecule has 2 amide bonds. The zero-order valence-electron chi connectivity index (χ0n) is 13.0. The van der Waals surface area contributed by atoms with Crippen LogP contribution in [0, 0.1) is 5.82 Å². The average molecular weight is 307 g/mol. The Bertz CT molecular complexity index is 540. The van der Waals surface area contributed by atoms with Gasteiger partial charge in [-0.3, -0.25) is 14.5 Å². The predicted octanol–water partition coefficient (Wildman–Crippen LogP) is 1.11. The highest BCUT2D eigenvalue weighted by atomic mass is 19.1. The minimum atomic E-state index is -0.408. The van der Waals surface area contributed by atoms with Gasteiger partial charge in [0.15, 0.2) is 0 Å². The minimum Gasteiger partial charge on any atom is -0.353 e. The van der Waals surface area contributed by atoms with Crippen molar-refractivity contribution in [1.82, 2.24) is 15.1 Å². The van der Waals surface area contributed by atoms with E-state index in [1.165, 1.54) is 18.2 Å². The molecule has 1 aliphatic heterocycles. The summed E-state index contributed by atoms with van der Waals surface area (Å²) in [6, 6.07) is 5.86. The molecular formula is C16H22FN3O2. The van der Waals surface area contributed by atoms with Crippen molar-refractivity contribution in [2.75, 3.05) is 32.7 Å². The summed E-state index contributed by atoms with van der Waals surface area (Å²) in [6.07, 6.45) is 0. The van der Waals surface area contributed by atoms with Crippen LogP contribution in [-0.4, -0.2) is 60.4 Å². The first-order valence-electron chi connectivity index (χ1n) is 7.52. The summed E-state index contributed by atoms with van der Waals surface area (Å²) < 4.78 is 13.2. The third-order valence-electron chi connectivity index (χ3n) is 3.55.